The van der Waals surface area contributed by atoms with Crippen LogP contribution in [-0.4, -0.2) is 18.6 Å². The van der Waals surface area contributed by atoms with Crippen LogP contribution in [0.25, 0.3) is 0 Å². The Balaban J connectivity index is 3.30. The molecular weight excluding hydrogens is 256 g/mol. The minimum Gasteiger partial charge on any atom is -0.277 e. The van der Waals surface area contributed by atoms with Gasteiger partial charge in [-0.05, 0) is 26.0 Å². The lowest BCUT2D eigenvalue weighted by Crippen LogP contribution is -2.23. The molecule has 1 aromatic rings. The van der Waals surface area contributed by atoms with Gasteiger partial charge in [-0.3, -0.25) is 14.8 Å². The van der Waals surface area contributed by atoms with Crippen molar-refractivity contribution in [3.05, 3.63) is 33.9 Å². The van der Waals surface area contributed by atoms with Crippen molar-refractivity contribution in [3.8, 4) is 12.3 Å². The van der Waals surface area contributed by atoms with Crippen molar-refractivity contribution in [1.82, 2.24) is 0 Å². The summed E-state index contributed by atoms with van der Waals surface area (Å²) >= 11 is 0. The average molecular weight is 268 g/mol. The number of anilines is 1. The van der Waals surface area contributed by atoms with Gasteiger partial charge >= 0.3 is 0 Å². The molecule has 0 spiro atoms. The van der Waals surface area contributed by atoms with Crippen molar-refractivity contribution in [1.29, 1.82) is 0 Å². The summed E-state index contributed by atoms with van der Waals surface area (Å²) in [4.78, 5) is 10.1. The summed E-state index contributed by atoms with van der Waals surface area (Å²) in [5.74, 6) is 2.29. The predicted molar refractivity (Wildman–Crippen MR) is 68.7 cm³/mol. The minimum absolute atomic E-state index is 0.121. The van der Waals surface area contributed by atoms with Crippen LogP contribution in [-0.2, 0) is 10.0 Å². The Morgan fingerprint density at radius 1 is 1.44 bits per heavy atom. The van der Waals surface area contributed by atoms with E-state index in [2.05, 4.69) is 10.6 Å². The zero-order chi connectivity index (χ0) is 13.9. The van der Waals surface area contributed by atoms with E-state index in [1.165, 1.54) is 32.0 Å². The normalized spacial score (nSPS) is 11.0. The van der Waals surface area contributed by atoms with Gasteiger partial charge in [-0.1, -0.05) is 5.92 Å². The van der Waals surface area contributed by atoms with Crippen LogP contribution in [0.4, 0.5) is 11.4 Å². The van der Waals surface area contributed by atoms with Crippen LogP contribution in [0.2, 0.25) is 0 Å². The molecule has 96 valence electrons. The maximum Gasteiger partial charge on any atom is 0.293 e. The number of hydrogen-bond acceptors (Lipinski definition) is 4. The number of nitrogens with one attached hydrogen (secondary N) is 1. The summed E-state index contributed by atoms with van der Waals surface area (Å²) in [5, 5.41) is 10.1. The van der Waals surface area contributed by atoms with E-state index in [0.717, 1.165) is 0 Å². The highest BCUT2D eigenvalue weighted by molar-refractivity contribution is 7.93. The van der Waals surface area contributed by atoms with Gasteiger partial charge in [0.2, 0.25) is 10.0 Å². The maximum absolute atomic E-state index is 11.7. The predicted octanol–water partition coefficient (Wildman–Crippen LogP) is 1.73. The molecule has 0 atom stereocenters. The molecule has 1 aromatic carbocycles. The Kier molecular flexibility index (Phi) is 3.93. The zero-order valence-corrected chi connectivity index (χ0v) is 10.7. The monoisotopic (exact) mass is 268 g/mol. The van der Waals surface area contributed by atoms with E-state index >= 15 is 0 Å². The van der Waals surface area contributed by atoms with Gasteiger partial charge < -0.3 is 0 Å². The van der Waals surface area contributed by atoms with E-state index in [1.807, 2.05) is 0 Å². The lowest BCUT2D eigenvalue weighted by molar-refractivity contribution is -0.383. The smallest absolute Gasteiger partial charge is 0.277 e. The number of terminal acetylenes is 1. The first-order valence-electron chi connectivity index (χ1n) is 5.04. The number of benzene rings is 1. The Morgan fingerprint density at radius 3 is 2.50 bits per heavy atom. The summed E-state index contributed by atoms with van der Waals surface area (Å²) in [6, 6.07) is 3.82. The summed E-state index contributed by atoms with van der Waals surface area (Å²) in [6.07, 6.45) is 5.17. The molecule has 0 saturated carbocycles. The molecule has 7 heteroatoms. The number of rotatable bonds is 4. The fraction of sp³-hybridized carbons (Fsp3) is 0.273. The standard InChI is InChI=1S/C11H12N2O4S/c1-4-9-5-6-11(13(14)15)10(7-9)12-18(16,17)8(2)3/h1,5-8,12H,2-3H3. The number of sulfonamides is 1. The summed E-state index contributed by atoms with van der Waals surface area (Å²) in [5.41, 5.74) is -0.0931. The Hall–Kier alpha value is -2.07. The third kappa shape index (κ3) is 2.99. The van der Waals surface area contributed by atoms with Gasteiger partial charge in [0.25, 0.3) is 5.69 Å². The molecule has 0 amide bonds. The van der Waals surface area contributed by atoms with E-state index in [9.17, 15) is 18.5 Å². The SMILES string of the molecule is C#Cc1ccc([N+](=O)[O-])c(NS(=O)(=O)C(C)C)c1. The lowest BCUT2D eigenvalue weighted by Gasteiger charge is -2.11. The second-order valence-electron chi connectivity index (χ2n) is 3.83. The summed E-state index contributed by atoms with van der Waals surface area (Å²) in [6.45, 7) is 2.94. The van der Waals surface area contributed by atoms with Crippen molar-refractivity contribution < 1.29 is 13.3 Å². The third-order valence-electron chi connectivity index (χ3n) is 2.23. The van der Waals surface area contributed by atoms with Gasteiger partial charge in [0.1, 0.15) is 5.69 Å². The van der Waals surface area contributed by atoms with Gasteiger partial charge in [-0.2, -0.15) is 0 Å². The molecule has 0 aliphatic rings. The van der Waals surface area contributed by atoms with Gasteiger partial charge in [0, 0.05) is 11.6 Å². The van der Waals surface area contributed by atoms with Gasteiger partial charge in [-0.15, -0.1) is 6.42 Å². The maximum atomic E-state index is 11.7. The molecule has 0 fully saturated rings. The van der Waals surface area contributed by atoms with Crippen molar-refractivity contribution in [2.75, 3.05) is 4.72 Å². The van der Waals surface area contributed by atoms with Crippen LogP contribution in [0.3, 0.4) is 0 Å². The van der Waals surface area contributed by atoms with Gasteiger partial charge in [0.15, 0.2) is 0 Å². The quantitative estimate of drug-likeness (QED) is 0.511. The fourth-order valence-corrected chi connectivity index (χ4v) is 1.84. The molecule has 0 bridgehead atoms. The largest absolute Gasteiger partial charge is 0.293 e. The highest BCUT2D eigenvalue weighted by Gasteiger charge is 2.21. The molecule has 0 aromatic heterocycles. The topological polar surface area (TPSA) is 89.3 Å². The van der Waals surface area contributed by atoms with E-state index < -0.39 is 20.2 Å². The van der Waals surface area contributed by atoms with E-state index in [4.69, 9.17) is 6.42 Å². The molecule has 0 aliphatic carbocycles. The summed E-state index contributed by atoms with van der Waals surface area (Å²) < 4.78 is 25.6. The average Bonchev–Trinajstić information content (AvgIpc) is 2.27. The first-order valence-corrected chi connectivity index (χ1v) is 6.59. The molecule has 1 N–H and O–H groups in total. The molecule has 0 unspecified atom stereocenters. The lowest BCUT2D eigenvalue weighted by atomic mass is 10.2. The fourth-order valence-electron chi connectivity index (χ4n) is 1.14. The van der Waals surface area contributed by atoms with Crippen LogP contribution in [0, 0.1) is 22.5 Å². The molecule has 0 saturated heterocycles. The van der Waals surface area contributed by atoms with Crippen LogP contribution in [0.1, 0.15) is 19.4 Å². The molecular formula is C11H12N2O4S. The zero-order valence-electron chi connectivity index (χ0n) is 9.88. The highest BCUT2D eigenvalue weighted by atomic mass is 32.2. The highest BCUT2D eigenvalue weighted by Crippen LogP contribution is 2.26. The molecule has 0 aliphatic heterocycles. The van der Waals surface area contributed by atoms with Crippen LogP contribution in [0.15, 0.2) is 18.2 Å². The second-order valence-corrected chi connectivity index (χ2v) is 6.07. The number of nitro benzene ring substituents is 1. The Morgan fingerprint density at radius 2 is 2.06 bits per heavy atom. The Bertz CT molecular complexity index is 614. The molecule has 1 rings (SSSR count). The molecule has 0 radical (unpaired) electrons. The Labute approximate surface area is 105 Å². The molecule has 0 heterocycles. The first-order chi connectivity index (χ1) is 8.27. The first kappa shape index (κ1) is 14.0. The second kappa shape index (κ2) is 5.06. The van der Waals surface area contributed by atoms with E-state index in [1.54, 1.807) is 0 Å². The van der Waals surface area contributed by atoms with E-state index in [0.29, 0.717) is 5.56 Å². The van der Waals surface area contributed by atoms with Gasteiger partial charge in [-0.25, -0.2) is 8.42 Å². The molecule has 6 nitrogen and oxygen atoms in total. The van der Waals surface area contributed by atoms with E-state index in [-0.39, 0.29) is 11.4 Å². The van der Waals surface area contributed by atoms with Crippen LogP contribution in [0.5, 0.6) is 0 Å². The van der Waals surface area contributed by atoms with Crippen molar-refractivity contribution >= 4 is 21.4 Å². The van der Waals surface area contributed by atoms with Crippen LogP contribution >= 0.6 is 0 Å². The van der Waals surface area contributed by atoms with Crippen molar-refractivity contribution in [2.45, 2.75) is 19.1 Å². The number of nitrogens with zero attached hydrogens (tertiary/aromatic N) is 1. The van der Waals surface area contributed by atoms with Crippen LogP contribution < -0.4 is 4.72 Å². The van der Waals surface area contributed by atoms with Crippen molar-refractivity contribution in [2.24, 2.45) is 0 Å². The number of hydrogen-bond donors (Lipinski definition) is 1. The minimum atomic E-state index is -3.66. The molecule has 18 heavy (non-hydrogen) atoms. The number of nitro groups is 1. The van der Waals surface area contributed by atoms with Crippen molar-refractivity contribution in [3.63, 3.8) is 0 Å². The summed E-state index contributed by atoms with van der Waals surface area (Å²) in [7, 11) is -3.66. The third-order valence-corrected chi connectivity index (χ3v) is 3.98. The van der Waals surface area contributed by atoms with Gasteiger partial charge in [0.05, 0.1) is 10.2 Å².